The van der Waals surface area contributed by atoms with Crippen LogP contribution in [0.25, 0.3) is 10.9 Å². The zero-order chi connectivity index (χ0) is 22.2. The minimum atomic E-state index is -3.41. The second-order valence-corrected chi connectivity index (χ2v) is 9.63. The average Bonchev–Trinajstić information content (AvgIpc) is 3.08. The van der Waals surface area contributed by atoms with Gasteiger partial charge in [0, 0.05) is 36.1 Å². The summed E-state index contributed by atoms with van der Waals surface area (Å²) in [4.78, 5) is 25.0. The Labute approximate surface area is 180 Å². The second kappa shape index (κ2) is 8.07. The van der Waals surface area contributed by atoms with Crippen molar-refractivity contribution in [2.45, 2.75) is 25.9 Å². The summed E-state index contributed by atoms with van der Waals surface area (Å²) in [5.74, 6) is -0.324. The Morgan fingerprint density at radius 1 is 1.16 bits per heavy atom. The van der Waals surface area contributed by atoms with Crippen LogP contribution in [0.3, 0.4) is 0 Å². The molecule has 1 aliphatic rings. The van der Waals surface area contributed by atoms with Gasteiger partial charge in [0.25, 0.3) is 5.91 Å². The number of sulfonamides is 1. The first-order chi connectivity index (χ1) is 14.7. The molecule has 3 aromatic rings. The molecule has 1 unspecified atom stereocenters. The van der Waals surface area contributed by atoms with Gasteiger partial charge in [-0.1, -0.05) is 29.8 Å². The van der Waals surface area contributed by atoms with Gasteiger partial charge >= 0.3 is 0 Å². The number of anilines is 1. The number of nitrogens with zero attached hydrogens (tertiary/aromatic N) is 1. The number of aromatic nitrogens is 1. The number of rotatable bonds is 6. The lowest BCUT2D eigenvalue weighted by Gasteiger charge is -2.27. The van der Waals surface area contributed by atoms with E-state index in [2.05, 4.69) is 15.4 Å². The number of fused-ring (bicyclic) bond motifs is 3. The number of nitrogens with one attached hydrogen (secondary N) is 3. The number of carbonyl (C=O) groups is 2. The number of carbonyl (C=O) groups excluding carboxylic acids is 2. The van der Waals surface area contributed by atoms with Gasteiger partial charge in [-0.05, 0) is 36.8 Å². The molecule has 0 radical (unpaired) electrons. The normalized spacial score (nSPS) is 15.9. The lowest BCUT2D eigenvalue weighted by molar-refractivity contribution is -0.122. The number of benzene rings is 2. The summed E-state index contributed by atoms with van der Waals surface area (Å²) in [6.45, 7) is 2.80. The fourth-order valence-corrected chi connectivity index (χ4v) is 4.39. The van der Waals surface area contributed by atoms with E-state index in [1.807, 2.05) is 35.8 Å². The fraction of sp³-hybridized carbons (Fsp3) is 0.273. The molecule has 0 saturated carbocycles. The van der Waals surface area contributed by atoms with Crippen LogP contribution in [0.5, 0.6) is 0 Å². The second-order valence-electron chi connectivity index (χ2n) is 7.88. The van der Waals surface area contributed by atoms with Crippen molar-refractivity contribution in [1.82, 2.24) is 15.2 Å². The van der Waals surface area contributed by atoms with Gasteiger partial charge in [-0.3, -0.25) is 14.3 Å². The van der Waals surface area contributed by atoms with Gasteiger partial charge in [-0.2, -0.15) is 0 Å². The van der Waals surface area contributed by atoms with Crippen LogP contribution in [0, 0.1) is 6.92 Å². The molecule has 1 atom stereocenters. The Bertz CT molecular complexity index is 1260. The van der Waals surface area contributed by atoms with E-state index in [9.17, 15) is 18.0 Å². The molecule has 0 aliphatic carbocycles. The first kappa shape index (κ1) is 20.9. The molecular formula is C22H24N4O4S. The predicted molar refractivity (Wildman–Crippen MR) is 119 cm³/mol. The quantitative estimate of drug-likeness (QED) is 0.546. The third-order valence-electron chi connectivity index (χ3n) is 5.27. The van der Waals surface area contributed by atoms with Gasteiger partial charge in [-0.25, -0.2) is 8.42 Å². The van der Waals surface area contributed by atoms with Crippen LogP contribution >= 0.6 is 0 Å². The van der Waals surface area contributed by atoms with Crippen molar-refractivity contribution < 1.29 is 18.0 Å². The molecule has 0 fully saturated rings. The minimum Gasteiger partial charge on any atom is -0.352 e. The molecule has 0 saturated heterocycles. The minimum absolute atomic E-state index is 0.107. The van der Waals surface area contributed by atoms with E-state index in [0.717, 1.165) is 28.3 Å². The van der Waals surface area contributed by atoms with Gasteiger partial charge in [0.15, 0.2) is 0 Å². The summed E-state index contributed by atoms with van der Waals surface area (Å²) >= 11 is 0. The van der Waals surface area contributed by atoms with Crippen molar-refractivity contribution in [2.75, 3.05) is 17.5 Å². The van der Waals surface area contributed by atoms with Crippen molar-refractivity contribution in [1.29, 1.82) is 0 Å². The number of hydrogen-bond donors (Lipinski definition) is 3. The number of amides is 2. The first-order valence-corrected chi connectivity index (χ1v) is 11.8. The van der Waals surface area contributed by atoms with Gasteiger partial charge in [-0.15, -0.1) is 0 Å². The highest BCUT2D eigenvalue weighted by atomic mass is 32.2. The standard InChI is InChI=1S/C22H24N4O4S/c1-14-3-5-15(6-4-14)12-23-21(27)11-18-13-24-22(28)20-10-16-9-17(25-31(2,29)30)7-8-19(16)26(18)20/h3-10,18,25H,11-13H2,1-2H3,(H,23,27)(H,24,28). The smallest absolute Gasteiger partial charge is 0.268 e. The molecule has 2 amide bonds. The third kappa shape index (κ3) is 4.72. The van der Waals surface area contributed by atoms with Crippen LogP contribution in [-0.2, 0) is 21.4 Å². The molecule has 4 rings (SSSR count). The molecular weight excluding hydrogens is 416 g/mol. The maximum Gasteiger partial charge on any atom is 0.268 e. The SMILES string of the molecule is Cc1ccc(CNC(=O)CC2CNC(=O)c3cc4cc(NS(C)(=O)=O)ccc4n32)cc1. The Kier molecular flexibility index (Phi) is 5.45. The fourth-order valence-electron chi connectivity index (χ4n) is 3.83. The average molecular weight is 441 g/mol. The summed E-state index contributed by atoms with van der Waals surface area (Å²) in [6, 6.07) is 14.5. The van der Waals surface area contributed by atoms with Crippen molar-refractivity contribution in [3.63, 3.8) is 0 Å². The van der Waals surface area contributed by atoms with Crippen molar-refractivity contribution in [3.8, 4) is 0 Å². The molecule has 0 spiro atoms. The van der Waals surface area contributed by atoms with Crippen molar-refractivity contribution in [3.05, 3.63) is 65.4 Å². The molecule has 0 bridgehead atoms. The molecule has 2 heterocycles. The maximum absolute atomic E-state index is 12.6. The lowest BCUT2D eigenvalue weighted by atomic mass is 10.1. The molecule has 1 aliphatic heterocycles. The van der Waals surface area contributed by atoms with Gasteiger partial charge in [0.1, 0.15) is 5.69 Å². The van der Waals surface area contributed by atoms with Crippen LogP contribution in [0.15, 0.2) is 48.5 Å². The van der Waals surface area contributed by atoms with Gasteiger partial charge in [0.2, 0.25) is 15.9 Å². The van der Waals surface area contributed by atoms with Crippen LogP contribution in [0.4, 0.5) is 5.69 Å². The summed E-state index contributed by atoms with van der Waals surface area (Å²) in [5.41, 5.74) is 3.84. The molecule has 3 N–H and O–H groups in total. The van der Waals surface area contributed by atoms with E-state index in [1.54, 1.807) is 24.3 Å². The van der Waals surface area contributed by atoms with E-state index in [1.165, 1.54) is 0 Å². The molecule has 8 nitrogen and oxygen atoms in total. The summed E-state index contributed by atoms with van der Waals surface area (Å²) in [6.07, 6.45) is 1.30. The Balaban J connectivity index is 1.54. The molecule has 31 heavy (non-hydrogen) atoms. The zero-order valence-corrected chi connectivity index (χ0v) is 18.1. The van der Waals surface area contributed by atoms with E-state index in [0.29, 0.717) is 24.5 Å². The topological polar surface area (TPSA) is 109 Å². The van der Waals surface area contributed by atoms with Crippen LogP contribution in [0.2, 0.25) is 0 Å². The molecule has 2 aromatic carbocycles. The van der Waals surface area contributed by atoms with Crippen LogP contribution in [0.1, 0.15) is 34.1 Å². The molecule has 1 aromatic heterocycles. The third-order valence-corrected chi connectivity index (χ3v) is 5.88. The highest BCUT2D eigenvalue weighted by molar-refractivity contribution is 7.92. The van der Waals surface area contributed by atoms with E-state index < -0.39 is 10.0 Å². The highest BCUT2D eigenvalue weighted by Gasteiger charge is 2.28. The van der Waals surface area contributed by atoms with Crippen LogP contribution in [-0.4, -0.2) is 37.6 Å². The lowest BCUT2D eigenvalue weighted by Crippen LogP contribution is -2.40. The Hall–Kier alpha value is -3.33. The molecule has 162 valence electrons. The monoisotopic (exact) mass is 440 g/mol. The largest absolute Gasteiger partial charge is 0.352 e. The van der Waals surface area contributed by atoms with Gasteiger partial charge < -0.3 is 15.2 Å². The van der Waals surface area contributed by atoms with E-state index in [-0.39, 0.29) is 24.3 Å². The summed E-state index contributed by atoms with van der Waals surface area (Å²) in [5, 5.41) is 6.50. The maximum atomic E-state index is 12.6. The molecule has 9 heteroatoms. The van der Waals surface area contributed by atoms with Crippen molar-refractivity contribution in [2.24, 2.45) is 0 Å². The first-order valence-electron chi connectivity index (χ1n) is 9.93. The summed E-state index contributed by atoms with van der Waals surface area (Å²) in [7, 11) is -3.41. The predicted octanol–water partition coefficient (Wildman–Crippen LogP) is 2.31. The van der Waals surface area contributed by atoms with Crippen LogP contribution < -0.4 is 15.4 Å². The highest BCUT2D eigenvalue weighted by Crippen LogP contribution is 2.30. The van der Waals surface area contributed by atoms with E-state index >= 15 is 0 Å². The van der Waals surface area contributed by atoms with E-state index in [4.69, 9.17) is 0 Å². The summed E-state index contributed by atoms with van der Waals surface area (Å²) < 4.78 is 27.3. The number of hydrogen-bond acceptors (Lipinski definition) is 4. The Morgan fingerprint density at radius 2 is 1.90 bits per heavy atom. The zero-order valence-electron chi connectivity index (χ0n) is 17.3. The van der Waals surface area contributed by atoms with Gasteiger partial charge in [0.05, 0.1) is 12.3 Å². The van der Waals surface area contributed by atoms with Crippen molar-refractivity contribution >= 4 is 38.4 Å². The number of aryl methyl sites for hydroxylation is 1. The Morgan fingerprint density at radius 3 is 2.61 bits per heavy atom.